The van der Waals surface area contributed by atoms with Crippen molar-refractivity contribution in [3.63, 3.8) is 0 Å². The van der Waals surface area contributed by atoms with E-state index < -0.39 is 0 Å². The fourth-order valence-corrected chi connectivity index (χ4v) is 3.09. The number of nitrogens with zero attached hydrogens (tertiary/aromatic N) is 3. The first-order chi connectivity index (χ1) is 15.7. The fourth-order valence-electron chi connectivity index (χ4n) is 3.09. The van der Waals surface area contributed by atoms with Crippen LogP contribution < -0.4 is 25.8 Å². The van der Waals surface area contributed by atoms with Crippen molar-refractivity contribution in [1.29, 1.82) is 0 Å². The zero-order valence-electron chi connectivity index (χ0n) is 18.1. The van der Waals surface area contributed by atoms with Crippen LogP contribution in [0.5, 0.6) is 5.75 Å². The van der Waals surface area contributed by atoms with Gasteiger partial charge in [-0.05, 0) is 35.9 Å². The molecule has 3 aromatic rings. The summed E-state index contributed by atoms with van der Waals surface area (Å²) in [6.07, 6.45) is 7.78. The van der Waals surface area contributed by atoms with Crippen LogP contribution in [0.1, 0.15) is 11.1 Å². The van der Waals surface area contributed by atoms with E-state index in [4.69, 9.17) is 4.74 Å². The highest BCUT2D eigenvalue weighted by Gasteiger charge is 2.21. The van der Waals surface area contributed by atoms with Crippen molar-refractivity contribution in [3.05, 3.63) is 96.7 Å². The van der Waals surface area contributed by atoms with Gasteiger partial charge in [0.15, 0.2) is 5.82 Å². The molecular weight excluding hydrogens is 404 g/mol. The molecule has 0 saturated carbocycles. The maximum atomic E-state index is 10.4. The second kappa shape index (κ2) is 11.2. The maximum absolute atomic E-state index is 10.4. The third-order valence-electron chi connectivity index (χ3n) is 4.70. The van der Waals surface area contributed by atoms with Gasteiger partial charge in [-0.25, -0.2) is 9.99 Å². The maximum Gasteiger partial charge on any atom is 0.207 e. The summed E-state index contributed by atoms with van der Waals surface area (Å²) in [5.74, 6) is 1.59. The summed E-state index contributed by atoms with van der Waals surface area (Å²) in [5, 5.41) is 7.46. The summed E-state index contributed by atoms with van der Waals surface area (Å²) in [4.78, 5) is 18.9. The van der Waals surface area contributed by atoms with Crippen LogP contribution in [-0.2, 0) is 11.3 Å². The van der Waals surface area contributed by atoms with Crippen molar-refractivity contribution in [2.24, 2.45) is 0 Å². The zero-order chi connectivity index (χ0) is 22.8. The topological polar surface area (TPSA) is 91.4 Å². The smallest absolute Gasteiger partial charge is 0.207 e. The number of anilines is 2. The van der Waals surface area contributed by atoms with Crippen molar-refractivity contribution in [2.75, 3.05) is 24.5 Å². The number of rotatable bonds is 7. The zero-order valence-corrected chi connectivity index (χ0v) is 18.1. The van der Waals surface area contributed by atoms with E-state index in [-0.39, 0.29) is 0 Å². The van der Waals surface area contributed by atoms with E-state index in [1.54, 1.807) is 30.7 Å². The van der Waals surface area contributed by atoms with E-state index in [1.165, 1.54) is 0 Å². The molecule has 0 saturated heterocycles. The first-order valence-corrected chi connectivity index (χ1v) is 9.96. The largest absolute Gasteiger partial charge is 0.495 e. The highest BCUT2D eigenvalue weighted by atomic mass is 16.5. The lowest BCUT2D eigenvalue weighted by Gasteiger charge is -2.20. The molecule has 2 aromatic heterocycles. The molecule has 1 aliphatic heterocycles. The number of methoxy groups -OCH3 is 1. The quantitative estimate of drug-likeness (QED) is 0.495. The number of carbonyl (C=O) groups is 1. The van der Waals surface area contributed by atoms with E-state index in [0.29, 0.717) is 18.8 Å². The van der Waals surface area contributed by atoms with E-state index in [9.17, 15) is 4.79 Å². The Hall–Kier alpha value is -4.33. The SMILES string of the molecule is C=C1C(c2cccnc2)=CNN1c1cc(CNC=O)ccn1.CNc1ccccc1OC. The normalized spacial score (nSPS) is 12.1. The van der Waals surface area contributed by atoms with Gasteiger partial charge in [-0.15, -0.1) is 0 Å². The van der Waals surface area contributed by atoms with Crippen LogP contribution in [-0.4, -0.2) is 30.5 Å². The average Bonchev–Trinajstić information content (AvgIpc) is 3.25. The predicted octanol–water partition coefficient (Wildman–Crippen LogP) is 3.34. The van der Waals surface area contributed by atoms with Crippen molar-refractivity contribution in [3.8, 4) is 5.75 Å². The molecule has 8 heteroatoms. The molecule has 3 heterocycles. The Morgan fingerprint density at radius 2 is 2.03 bits per heavy atom. The molecule has 0 bridgehead atoms. The van der Waals surface area contributed by atoms with Gasteiger partial charge in [0.05, 0.1) is 18.5 Å². The summed E-state index contributed by atoms with van der Waals surface area (Å²) in [6, 6.07) is 15.4. The van der Waals surface area contributed by atoms with Gasteiger partial charge in [-0.3, -0.25) is 15.2 Å². The van der Waals surface area contributed by atoms with Gasteiger partial charge in [0.1, 0.15) is 5.75 Å². The second-order valence-corrected chi connectivity index (χ2v) is 6.68. The third-order valence-corrected chi connectivity index (χ3v) is 4.70. The molecule has 4 rings (SSSR count). The number of carbonyl (C=O) groups excluding carboxylic acids is 1. The molecule has 3 N–H and O–H groups in total. The molecular formula is C24H26N6O2. The summed E-state index contributed by atoms with van der Waals surface area (Å²) < 4.78 is 5.07. The van der Waals surface area contributed by atoms with Crippen LogP contribution in [0, 0.1) is 0 Å². The predicted molar refractivity (Wildman–Crippen MR) is 127 cm³/mol. The molecule has 0 atom stereocenters. The minimum atomic E-state index is 0.461. The van der Waals surface area contributed by atoms with Crippen LogP contribution in [0.25, 0.3) is 5.57 Å². The van der Waals surface area contributed by atoms with Gasteiger partial charge < -0.3 is 15.4 Å². The van der Waals surface area contributed by atoms with Crippen LogP contribution in [0.2, 0.25) is 0 Å². The number of benzene rings is 1. The van der Waals surface area contributed by atoms with Gasteiger partial charge in [0, 0.05) is 49.5 Å². The first kappa shape index (κ1) is 22.4. The number of hydrazine groups is 1. The third kappa shape index (κ3) is 5.42. The van der Waals surface area contributed by atoms with Crippen molar-refractivity contribution >= 4 is 23.5 Å². The lowest BCUT2D eigenvalue weighted by atomic mass is 10.1. The summed E-state index contributed by atoms with van der Waals surface area (Å²) in [5.41, 5.74) is 7.87. The highest BCUT2D eigenvalue weighted by molar-refractivity contribution is 5.84. The van der Waals surface area contributed by atoms with Gasteiger partial charge in [0.25, 0.3) is 0 Å². The highest BCUT2D eigenvalue weighted by Crippen LogP contribution is 2.30. The number of ether oxygens (including phenoxy) is 1. The van der Waals surface area contributed by atoms with Gasteiger partial charge >= 0.3 is 0 Å². The summed E-state index contributed by atoms with van der Waals surface area (Å²) in [7, 11) is 3.54. The van der Waals surface area contributed by atoms with Crippen LogP contribution in [0.3, 0.4) is 0 Å². The molecule has 0 fully saturated rings. The Morgan fingerprint density at radius 1 is 1.19 bits per heavy atom. The van der Waals surface area contributed by atoms with E-state index in [2.05, 4.69) is 32.6 Å². The minimum Gasteiger partial charge on any atom is -0.495 e. The van der Waals surface area contributed by atoms with E-state index in [0.717, 1.165) is 33.8 Å². The van der Waals surface area contributed by atoms with Gasteiger partial charge in [0.2, 0.25) is 6.41 Å². The molecule has 0 unspecified atom stereocenters. The molecule has 8 nitrogen and oxygen atoms in total. The van der Waals surface area contributed by atoms with Crippen LogP contribution >= 0.6 is 0 Å². The first-order valence-electron chi connectivity index (χ1n) is 9.96. The summed E-state index contributed by atoms with van der Waals surface area (Å²) in [6.45, 7) is 4.58. The summed E-state index contributed by atoms with van der Waals surface area (Å²) >= 11 is 0. The van der Waals surface area contributed by atoms with E-state index >= 15 is 0 Å². The minimum absolute atomic E-state index is 0.461. The molecule has 1 amide bonds. The average molecular weight is 431 g/mol. The lowest BCUT2D eigenvalue weighted by Crippen LogP contribution is -2.29. The van der Waals surface area contributed by atoms with Crippen LogP contribution in [0.15, 0.2) is 85.6 Å². The monoisotopic (exact) mass is 430 g/mol. The lowest BCUT2D eigenvalue weighted by molar-refractivity contribution is -0.109. The van der Waals surface area contributed by atoms with Crippen molar-refractivity contribution in [2.45, 2.75) is 6.54 Å². The Bertz CT molecular complexity index is 1060. The number of allylic oxidation sites excluding steroid dienone is 1. The standard InChI is InChI=1S/C16H15N5O.C8H11NO/c1-12-15(14-3-2-5-17-9-14)10-20-21(12)16-7-13(4-6-19-16)8-18-11-22;1-9-7-5-3-4-6-8(7)10-2/h2-7,9-11,20H,1,8H2,(H,18,22);3-6,9H,1-2H3. The van der Waals surface area contributed by atoms with Crippen molar-refractivity contribution in [1.82, 2.24) is 20.7 Å². The number of para-hydroxylation sites is 2. The Labute approximate surface area is 187 Å². The molecule has 0 spiro atoms. The fraction of sp³-hybridized carbons (Fsp3) is 0.125. The molecule has 1 aliphatic rings. The Morgan fingerprint density at radius 3 is 2.72 bits per heavy atom. The van der Waals surface area contributed by atoms with E-state index in [1.807, 2.05) is 61.8 Å². The molecule has 1 aromatic carbocycles. The van der Waals surface area contributed by atoms with Crippen molar-refractivity contribution < 1.29 is 9.53 Å². The second-order valence-electron chi connectivity index (χ2n) is 6.68. The molecule has 164 valence electrons. The van der Waals surface area contributed by atoms with Gasteiger partial charge in [-0.1, -0.05) is 24.8 Å². The number of amides is 1. The molecule has 0 radical (unpaired) electrons. The number of nitrogens with one attached hydrogen (secondary N) is 3. The number of hydrogen-bond donors (Lipinski definition) is 3. The number of aromatic nitrogens is 2. The van der Waals surface area contributed by atoms with Crippen LogP contribution in [0.4, 0.5) is 11.5 Å². The van der Waals surface area contributed by atoms with Gasteiger partial charge in [-0.2, -0.15) is 0 Å². The molecule has 32 heavy (non-hydrogen) atoms. The number of hydrogen-bond acceptors (Lipinski definition) is 7. The Balaban J connectivity index is 0.000000243. The Kier molecular flexibility index (Phi) is 7.80. The number of pyridine rings is 2. The molecule has 0 aliphatic carbocycles.